The van der Waals surface area contributed by atoms with Crippen LogP contribution in [0, 0.1) is 0 Å². The summed E-state index contributed by atoms with van der Waals surface area (Å²) in [5.41, 5.74) is 14.9. The van der Waals surface area contributed by atoms with Gasteiger partial charge in [0.05, 0.1) is 36.9 Å². The molecule has 0 spiro atoms. The standard InChI is InChI=1S/C17H14N2O3S.C15H10N2O3S/c1-2-22-17(21)11-5-3-10(4-6-11)13-8-19-9-15-12(13)7-14(23-15)16(18)20;16-14(18)12-5-10-11(6-17-7-13(10)21-12)8-1-3-9(4-2-8)15(19)20/h3-9H,2H2,1H3,(H2,18,20);1-7H,(H2,16,18)(H,19,20). The molecule has 10 nitrogen and oxygen atoms in total. The van der Waals surface area contributed by atoms with Crippen LogP contribution in [0.2, 0.25) is 0 Å². The monoisotopic (exact) mass is 624 g/mol. The van der Waals surface area contributed by atoms with E-state index >= 15 is 0 Å². The second-order valence-electron chi connectivity index (χ2n) is 9.33. The van der Waals surface area contributed by atoms with Crippen molar-refractivity contribution >= 4 is 66.6 Å². The van der Waals surface area contributed by atoms with Crippen LogP contribution in [0.15, 0.2) is 85.5 Å². The number of nitrogens with two attached hydrogens (primary N) is 2. The Morgan fingerprint density at radius 3 is 1.52 bits per heavy atom. The lowest BCUT2D eigenvalue weighted by Crippen LogP contribution is -2.08. The molecule has 0 aliphatic carbocycles. The maximum atomic E-state index is 11.7. The molecule has 0 atom stereocenters. The summed E-state index contributed by atoms with van der Waals surface area (Å²) in [6.45, 7) is 2.11. The van der Waals surface area contributed by atoms with Gasteiger partial charge in [0, 0.05) is 46.7 Å². The highest BCUT2D eigenvalue weighted by Crippen LogP contribution is 2.34. The van der Waals surface area contributed by atoms with Crippen molar-refractivity contribution in [3.05, 3.63) is 106 Å². The Morgan fingerprint density at radius 2 is 1.14 bits per heavy atom. The third-order valence-electron chi connectivity index (χ3n) is 6.53. The zero-order valence-electron chi connectivity index (χ0n) is 23.1. The lowest BCUT2D eigenvalue weighted by Gasteiger charge is -2.05. The number of hydrogen-bond donors (Lipinski definition) is 3. The predicted molar refractivity (Wildman–Crippen MR) is 170 cm³/mol. The number of rotatable bonds is 7. The molecule has 0 saturated carbocycles. The number of aromatic carboxylic acids is 1. The second kappa shape index (κ2) is 12.8. The minimum absolute atomic E-state index is 0.224. The summed E-state index contributed by atoms with van der Waals surface area (Å²) in [5, 5.41) is 10.7. The SMILES string of the molecule is CCOC(=O)c1ccc(-c2cncc3sc(C(N)=O)cc23)cc1.NC(=O)c1cc2c(-c3ccc(C(=O)O)cc3)cncc2s1. The highest BCUT2D eigenvalue weighted by atomic mass is 32.1. The number of primary amides is 2. The van der Waals surface area contributed by atoms with E-state index in [9.17, 15) is 19.2 Å². The Balaban J connectivity index is 0.000000175. The molecule has 2 amide bonds. The number of pyridine rings is 2. The van der Waals surface area contributed by atoms with Crippen LogP contribution in [0.5, 0.6) is 0 Å². The number of thiophene rings is 2. The van der Waals surface area contributed by atoms with Gasteiger partial charge in [0.1, 0.15) is 0 Å². The summed E-state index contributed by atoms with van der Waals surface area (Å²) in [5.74, 6) is -2.23. The van der Waals surface area contributed by atoms with E-state index in [4.69, 9.17) is 21.3 Å². The molecule has 44 heavy (non-hydrogen) atoms. The summed E-state index contributed by atoms with van der Waals surface area (Å²) < 4.78 is 6.73. The van der Waals surface area contributed by atoms with Gasteiger partial charge < -0.3 is 21.3 Å². The zero-order valence-corrected chi connectivity index (χ0v) is 24.8. The lowest BCUT2D eigenvalue weighted by molar-refractivity contribution is 0.0525. The van der Waals surface area contributed by atoms with Crippen LogP contribution in [-0.2, 0) is 4.74 Å². The van der Waals surface area contributed by atoms with E-state index in [1.165, 1.54) is 34.8 Å². The number of carboxylic acid groups (broad SMARTS) is 1. The van der Waals surface area contributed by atoms with E-state index in [1.807, 2.05) is 12.1 Å². The number of nitrogens with zero attached hydrogens (tertiary/aromatic N) is 2. The van der Waals surface area contributed by atoms with Gasteiger partial charge in [-0.1, -0.05) is 24.3 Å². The minimum Gasteiger partial charge on any atom is -0.478 e. The summed E-state index contributed by atoms with van der Waals surface area (Å²) >= 11 is 2.61. The third-order valence-corrected chi connectivity index (χ3v) is 8.70. The van der Waals surface area contributed by atoms with Crippen molar-refractivity contribution in [3.8, 4) is 22.3 Å². The highest BCUT2D eigenvalue weighted by Gasteiger charge is 2.14. The molecule has 0 unspecified atom stereocenters. The highest BCUT2D eigenvalue weighted by molar-refractivity contribution is 7.21. The third kappa shape index (κ3) is 6.31. The maximum Gasteiger partial charge on any atom is 0.338 e. The number of esters is 1. The van der Waals surface area contributed by atoms with Crippen molar-refractivity contribution in [1.29, 1.82) is 0 Å². The summed E-state index contributed by atoms with van der Waals surface area (Å²) in [4.78, 5) is 54.6. The van der Waals surface area contributed by atoms with Crippen LogP contribution in [-0.4, -0.2) is 45.4 Å². The minimum atomic E-state index is -0.968. The Labute approximate surface area is 258 Å². The van der Waals surface area contributed by atoms with Crippen LogP contribution < -0.4 is 11.5 Å². The average molecular weight is 625 g/mol. The molecular weight excluding hydrogens is 601 g/mol. The van der Waals surface area contributed by atoms with E-state index in [0.29, 0.717) is 21.9 Å². The fraction of sp³-hybridized carbons (Fsp3) is 0.0625. The van der Waals surface area contributed by atoms with Crippen molar-refractivity contribution in [2.75, 3.05) is 6.61 Å². The van der Waals surface area contributed by atoms with Gasteiger partial charge in [-0.2, -0.15) is 0 Å². The number of aromatic nitrogens is 2. The molecule has 0 radical (unpaired) electrons. The number of fused-ring (bicyclic) bond motifs is 2. The van der Waals surface area contributed by atoms with E-state index < -0.39 is 17.8 Å². The van der Waals surface area contributed by atoms with Crippen LogP contribution in [0.1, 0.15) is 47.0 Å². The normalized spacial score (nSPS) is 10.7. The molecule has 0 aliphatic rings. The van der Waals surface area contributed by atoms with Gasteiger partial charge in [0.2, 0.25) is 0 Å². The quantitative estimate of drug-likeness (QED) is 0.181. The van der Waals surface area contributed by atoms with Crippen LogP contribution >= 0.6 is 22.7 Å². The lowest BCUT2D eigenvalue weighted by atomic mass is 10.0. The number of carboxylic acids is 1. The molecule has 5 N–H and O–H groups in total. The summed E-state index contributed by atoms with van der Waals surface area (Å²) in [7, 11) is 0. The molecule has 6 aromatic rings. The van der Waals surface area contributed by atoms with E-state index in [0.717, 1.165) is 42.4 Å². The first-order valence-corrected chi connectivity index (χ1v) is 14.8. The van der Waals surface area contributed by atoms with Gasteiger partial charge >= 0.3 is 11.9 Å². The first kappa shape index (κ1) is 30.0. The fourth-order valence-electron chi connectivity index (χ4n) is 4.42. The van der Waals surface area contributed by atoms with Gasteiger partial charge in [0.25, 0.3) is 11.8 Å². The summed E-state index contributed by atoms with van der Waals surface area (Å²) in [6, 6.07) is 17.2. The topological polar surface area (TPSA) is 176 Å². The molecule has 4 aromatic heterocycles. The van der Waals surface area contributed by atoms with Crippen molar-refractivity contribution in [3.63, 3.8) is 0 Å². The van der Waals surface area contributed by atoms with E-state index in [1.54, 1.807) is 68.1 Å². The van der Waals surface area contributed by atoms with Crippen molar-refractivity contribution in [1.82, 2.24) is 9.97 Å². The molecule has 0 saturated heterocycles. The Morgan fingerprint density at radius 1 is 0.705 bits per heavy atom. The molecule has 12 heteroatoms. The van der Waals surface area contributed by atoms with Gasteiger partial charge in [0.15, 0.2) is 0 Å². The second-order valence-corrected chi connectivity index (χ2v) is 11.5. The smallest absolute Gasteiger partial charge is 0.338 e. The van der Waals surface area contributed by atoms with Crippen molar-refractivity contribution in [2.24, 2.45) is 11.5 Å². The molecule has 220 valence electrons. The van der Waals surface area contributed by atoms with Crippen molar-refractivity contribution in [2.45, 2.75) is 6.92 Å². The Bertz CT molecular complexity index is 2030. The maximum absolute atomic E-state index is 11.7. The molecular formula is C32H24N4O6S2. The number of ether oxygens (including phenoxy) is 1. The Kier molecular flexibility index (Phi) is 8.74. The van der Waals surface area contributed by atoms with Gasteiger partial charge in [-0.3, -0.25) is 19.6 Å². The average Bonchev–Trinajstić information content (AvgIpc) is 3.67. The fourth-order valence-corrected chi connectivity index (χ4v) is 6.23. The number of hydrogen-bond acceptors (Lipinski definition) is 9. The number of carbonyl (C=O) groups is 4. The molecule has 0 bridgehead atoms. The largest absolute Gasteiger partial charge is 0.478 e. The van der Waals surface area contributed by atoms with Gasteiger partial charge in [-0.05, 0) is 54.4 Å². The number of amides is 2. The molecule has 0 fully saturated rings. The van der Waals surface area contributed by atoms with Gasteiger partial charge in [-0.25, -0.2) is 9.59 Å². The van der Waals surface area contributed by atoms with E-state index in [2.05, 4.69) is 9.97 Å². The Hall–Kier alpha value is -5.46. The first-order valence-electron chi connectivity index (χ1n) is 13.1. The van der Waals surface area contributed by atoms with Crippen LogP contribution in [0.25, 0.3) is 42.4 Å². The number of carbonyl (C=O) groups excluding carboxylic acids is 3. The predicted octanol–water partition coefficient (Wildman–Crippen LogP) is 6.00. The zero-order chi connectivity index (χ0) is 31.4. The summed E-state index contributed by atoms with van der Waals surface area (Å²) in [6.07, 6.45) is 6.82. The molecule has 4 heterocycles. The number of benzene rings is 2. The van der Waals surface area contributed by atoms with Crippen molar-refractivity contribution < 1.29 is 29.0 Å². The van der Waals surface area contributed by atoms with Crippen LogP contribution in [0.4, 0.5) is 0 Å². The molecule has 6 rings (SSSR count). The van der Waals surface area contributed by atoms with Gasteiger partial charge in [-0.15, -0.1) is 22.7 Å². The molecule has 2 aromatic carbocycles. The first-order chi connectivity index (χ1) is 21.2. The molecule has 0 aliphatic heterocycles. The van der Waals surface area contributed by atoms with Crippen LogP contribution in [0.3, 0.4) is 0 Å². The van der Waals surface area contributed by atoms with E-state index in [-0.39, 0.29) is 11.5 Å².